The minimum absolute atomic E-state index is 0.107. The maximum Gasteiger partial charge on any atom is 0.255 e. The summed E-state index contributed by atoms with van der Waals surface area (Å²) < 4.78 is 1.99. The fourth-order valence-electron chi connectivity index (χ4n) is 1.53. The van der Waals surface area contributed by atoms with E-state index in [0.717, 1.165) is 20.2 Å². The standard InChI is InChI=1S/C14H11Br2NO/c1-9-8-12(6-7-13(9)16)17-14(18)10-2-4-11(15)5-3-10/h2-8H,1H3,(H,17,18). The van der Waals surface area contributed by atoms with Crippen molar-refractivity contribution in [3.8, 4) is 0 Å². The van der Waals surface area contributed by atoms with Gasteiger partial charge in [0, 0.05) is 20.2 Å². The number of aryl methyl sites for hydroxylation is 1. The molecular formula is C14H11Br2NO. The largest absolute Gasteiger partial charge is 0.322 e. The SMILES string of the molecule is Cc1cc(NC(=O)c2ccc(Br)cc2)ccc1Br. The summed E-state index contributed by atoms with van der Waals surface area (Å²) in [6.07, 6.45) is 0. The molecule has 0 atom stereocenters. The maximum absolute atomic E-state index is 12.0. The highest BCUT2D eigenvalue weighted by molar-refractivity contribution is 9.10. The number of rotatable bonds is 2. The number of carbonyl (C=O) groups is 1. The summed E-state index contributed by atoms with van der Waals surface area (Å²) in [6, 6.07) is 13.0. The molecule has 0 aromatic heterocycles. The van der Waals surface area contributed by atoms with E-state index in [1.54, 1.807) is 12.1 Å². The molecule has 0 aliphatic rings. The van der Waals surface area contributed by atoms with Crippen molar-refractivity contribution in [3.05, 3.63) is 62.5 Å². The highest BCUT2D eigenvalue weighted by Crippen LogP contribution is 2.20. The predicted octanol–water partition coefficient (Wildman–Crippen LogP) is 4.77. The molecule has 2 aromatic rings. The second kappa shape index (κ2) is 5.67. The fraction of sp³-hybridized carbons (Fsp3) is 0.0714. The Bertz CT molecular complexity index is 579. The molecule has 92 valence electrons. The van der Waals surface area contributed by atoms with Crippen molar-refractivity contribution in [2.24, 2.45) is 0 Å². The van der Waals surface area contributed by atoms with E-state index in [1.807, 2.05) is 37.3 Å². The molecule has 2 rings (SSSR count). The molecular weight excluding hydrogens is 358 g/mol. The molecule has 1 N–H and O–H groups in total. The van der Waals surface area contributed by atoms with Gasteiger partial charge in [0.05, 0.1) is 0 Å². The number of amides is 1. The van der Waals surface area contributed by atoms with E-state index in [9.17, 15) is 4.79 Å². The van der Waals surface area contributed by atoms with Crippen LogP contribution in [0.2, 0.25) is 0 Å². The van der Waals surface area contributed by atoms with E-state index < -0.39 is 0 Å². The molecule has 0 radical (unpaired) electrons. The Morgan fingerprint density at radius 3 is 2.33 bits per heavy atom. The highest BCUT2D eigenvalue weighted by Gasteiger charge is 2.06. The Kier molecular flexibility index (Phi) is 4.19. The van der Waals surface area contributed by atoms with Crippen molar-refractivity contribution in [2.45, 2.75) is 6.92 Å². The van der Waals surface area contributed by atoms with E-state index in [0.29, 0.717) is 5.56 Å². The molecule has 18 heavy (non-hydrogen) atoms. The van der Waals surface area contributed by atoms with Crippen LogP contribution < -0.4 is 5.32 Å². The second-order valence-corrected chi connectivity index (χ2v) is 5.69. The summed E-state index contributed by atoms with van der Waals surface area (Å²) in [7, 11) is 0. The number of hydrogen-bond donors (Lipinski definition) is 1. The predicted molar refractivity (Wildman–Crippen MR) is 81.0 cm³/mol. The van der Waals surface area contributed by atoms with Gasteiger partial charge in [-0.05, 0) is 55.0 Å². The minimum Gasteiger partial charge on any atom is -0.322 e. The van der Waals surface area contributed by atoms with Crippen LogP contribution in [0.5, 0.6) is 0 Å². The van der Waals surface area contributed by atoms with Crippen molar-refractivity contribution in [2.75, 3.05) is 5.32 Å². The van der Waals surface area contributed by atoms with Crippen molar-refractivity contribution in [1.29, 1.82) is 0 Å². The van der Waals surface area contributed by atoms with Gasteiger partial charge in [-0.15, -0.1) is 0 Å². The Labute approximate surface area is 123 Å². The van der Waals surface area contributed by atoms with E-state index in [1.165, 1.54) is 0 Å². The number of nitrogens with one attached hydrogen (secondary N) is 1. The van der Waals surface area contributed by atoms with Gasteiger partial charge in [-0.1, -0.05) is 31.9 Å². The van der Waals surface area contributed by atoms with Crippen LogP contribution in [0.3, 0.4) is 0 Å². The molecule has 0 aliphatic heterocycles. The van der Waals surface area contributed by atoms with E-state index >= 15 is 0 Å². The molecule has 0 unspecified atom stereocenters. The molecule has 0 saturated heterocycles. The average molecular weight is 369 g/mol. The number of halogens is 2. The zero-order valence-corrected chi connectivity index (χ0v) is 12.9. The van der Waals surface area contributed by atoms with E-state index in [2.05, 4.69) is 37.2 Å². The van der Waals surface area contributed by atoms with Crippen molar-refractivity contribution in [3.63, 3.8) is 0 Å². The Hall–Kier alpha value is -1.13. The summed E-state index contributed by atoms with van der Waals surface area (Å²) in [4.78, 5) is 12.0. The van der Waals surface area contributed by atoms with Gasteiger partial charge in [-0.2, -0.15) is 0 Å². The van der Waals surface area contributed by atoms with Crippen molar-refractivity contribution in [1.82, 2.24) is 0 Å². The van der Waals surface area contributed by atoms with E-state index in [4.69, 9.17) is 0 Å². The maximum atomic E-state index is 12.0. The van der Waals surface area contributed by atoms with Crippen LogP contribution in [0.4, 0.5) is 5.69 Å². The summed E-state index contributed by atoms with van der Waals surface area (Å²) in [6.45, 7) is 1.99. The van der Waals surface area contributed by atoms with Crippen LogP contribution in [0.15, 0.2) is 51.4 Å². The molecule has 1 amide bonds. The van der Waals surface area contributed by atoms with Gasteiger partial charge >= 0.3 is 0 Å². The quantitative estimate of drug-likeness (QED) is 0.812. The van der Waals surface area contributed by atoms with Crippen LogP contribution in [-0.2, 0) is 0 Å². The fourth-order valence-corrected chi connectivity index (χ4v) is 2.04. The normalized spacial score (nSPS) is 10.2. The average Bonchev–Trinajstić information content (AvgIpc) is 2.34. The zero-order chi connectivity index (χ0) is 13.1. The first-order valence-electron chi connectivity index (χ1n) is 5.39. The number of hydrogen-bond acceptors (Lipinski definition) is 1. The first-order valence-corrected chi connectivity index (χ1v) is 6.98. The molecule has 0 aliphatic carbocycles. The van der Waals surface area contributed by atoms with Crippen LogP contribution >= 0.6 is 31.9 Å². The monoisotopic (exact) mass is 367 g/mol. The Balaban J connectivity index is 2.16. The first-order chi connectivity index (χ1) is 8.56. The van der Waals surface area contributed by atoms with E-state index in [-0.39, 0.29) is 5.91 Å². The summed E-state index contributed by atoms with van der Waals surface area (Å²) in [5, 5.41) is 2.87. The Morgan fingerprint density at radius 1 is 1.06 bits per heavy atom. The van der Waals surface area contributed by atoms with Gasteiger partial charge in [0.2, 0.25) is 0 Å². The summed E-state index contributed by atoms with van der Waals surface area (Å²) >= 11 is 6.77. The van der Waals surface area contributed by atoms with Gasteiger partial charge < -0.3 is 5.32 Å². The molecule has 0 saturated carbocycles. The lowest BCUT2D eigenvalue weighted by molar-refractivity contribution is 0.102. The molecule has 4 heteroatoms. The van der Waals surface area contributed by atoms with Crippen molar-refractivity contribution < 1.29 is 4.79 Å². The van der Waals surface area contributed by atoms with Crippen LogP contribution in [-0.4, -0.2) is 5.91 Å². The molecule has 0 spiro atoms. The number of anilines is 1. The molecule has 2 nitrogen and oxygen atoms in total. The lowest BCUT2D eigenvalue weighted by atomic mass is 10.2. The highest BCUT2D eigenvalue weighted by atomic mass is 79.9. The smallest absolute Gasteiger partial charge is 0.255 e. The van der Waals surface area contributed by atoms with Crippen LogP contribution in [0.25, 0.3) is 0 Å². The van der Waals surface area contributed by atoms with Crippen molar-refractivity contribution >= 4 is 43.5 Å². The van der Waals surface area contributed by atoms with Crippen LogP contribution in [0.1, 0.15) is 15.9 Å². The van der Waals surface area contributed by atoms with Gasteiger partial charge in [-0.25, -0.2) is 0 Å². The second-order valence-electron chi connectivity index (χ2n) is 3.92. The van der Waals surface area contributed by atoms with Gasteiger partial charge in [0.1, 0.15) is 0 Å². The number of benzene rings is 2. The minimum atomic E-state index is -0.107. The lowest BCUT2D eigenvalue weighted by Gasteiger charge is -2.07. The third-order valence-electron chi connectivity index (χ3n) is 2.52. The molecule has 0 fully saturated rings. The lowest BCUT2D eigenvalue weighted by Crippen LogP contribution is -2.11. The molecule has 0 heterocycles. The van der Waals surface area contributed by atoms with Gasteiger partial charge in [0.25, 0.3) is 5.91 Å². The zero-order valence-electron chi connectivity index (χ0n) is 9.71. The number of carbonyl (C=O) groups excluding carboxylic acids is 1. The van der Waals surface area contributed by atoms with Gasteiger partial charge in [-0.3, -0.25) is 4.79 Å². The third-order valence-corrected chi connectivity index (χ3v) is 3.94. The van der Waals surface area contributed by atoms with Crippen LogP contribution in [0, 0.1) is 6.92 Å². The Morgan fingerprint density at radius 2 is 1.72 bits per heavy atom. The topological polar surface area (TPSA) is 29.1 Å². The van der Waals surface area contributed by atoms with Gasteiger partial charge in [0.15, 0.2) is 0 Å². The first kappa shape index (κ1) is 13.3. The molecule has 2 aromatic carbocycles. The summed E-state index contributed by atoms with van der Waals surface area (Å²) in [5.41, 5.74) is 2.52. The molecule has 0 bridgehead atoms. The summed E-state index contributed by atoms with van der Waals surface area (Å²) in [5.74, 6) is -0.107. The third kappa shape index (κ3) is 3.21.